The Hall–Kier alpha value is -0.620. The first-order valence-corrected chi connectivity index (χ1v) is 7.32. The van der Waals surface area contributed by atoms with E-state index in [4.69, 9.17) is 5.11 Å². The number of carboxylic acid groups (broad SMARTS) is 1. The van der Waals surface area contributed by atoms with Crippen molar-refractivity contribution in [2.45, 2.75) is 32.2 Å². The fraction of sp³-hybridized carbons (Fsp3) is 0.900. The zero-order valence-corrected chi connectivity index (χ0v) is 10.0. The highest BCUT2D eigenvalue weighted by atomic mass is 32.2. The smallest absolute Gasteiger partial charge is 0.308 e. The van der Waals surface area contributed by atoms with Gasteiger partial charge in [-0.15, -0.1) is 0 Å². The van der Waals surface area contributed by atoms with E-state index in [0.717, 1.165) is 19.3 Å². The van der Waals surface area contributed by atoms with Crippen molar-refractivity contribution in [3.8, 4) is 0 Å². The molecule has 0 aromatic heterocycles. The molecule has 6 heteroatoms. The lowest BCUT2D eigenvalue weighted by Crippen LogP contribution is -2.47. The molecule has 4 atom stereocenters. The van der Waals surface area contributed by atoms with E-state index < -0.39 is 21.9 Å². The van der Waals surface area contributed by atoms with Crippen molar-refractivity contribution in [2.24, 2.45) is 17.8 Å². The fourth-order valence-corrected chi connectivity index (χ4v) is 4.03. The van der Waals surface area contributed by atoms with Gasteiger partial charge in [0.25, 0.3) is 0 Å². The third-order valence-corrected chi connectivity index (χ3v) is 5.29. The van der Waals surface area contributed by atoms with Gasteiger partial charge in [-0.05, 0) is 38.0 Å². The Labute approximate surface area is 95.3 Å². The molecule has 0 spiro atoms. The van der Waals surface area contributed by atoms with Crippen LogP contribution in [0.25, 0.3) is 0 Å². The van der Waals surface area contributed by atoms with Crippen molar-refractivity contribution >= 4 is 16.0 Å². The summed E-state index contributed by atoms with van der Waals surface area (Å²) >= 11 is 0. The van der Waals surface area contributed by atoms with Crippen molar-refractivity contribution in [2.75, 3.05) is 5.75 Å². The average molecular weight is 247 g/mol. The molecule has 0 radical (unpaired) electrons. The van der Waals surface area contributed by atoms with E-state index in [9.17, 15) is 13.2 Å². The topological polar surface area (TPSA) is 83.5 Å². The highest BCUT2D eigenvalue weighted by Crippen LogP contribution is 2.48. The molecule has 0 aliphatic heterocycles. The van der Waals surface area contributed by atoms with Crippen LogP contribution in [-0.4, -0.2) is 31.3 Å². The SMILES string of the molecule is CCS(=O)(=O)NC1C2CCC(C2)C1C(=O)O. The van der Waals surface area contributed by atoms with Crippen LogP contribution in [0.1, 0.15) is 26.2 Å². The number of hydrogen-bond acceptors (Lipinski definition) is 3. The molecule has 0 saturated heterocycles. The average Bonchev–Trinajstić information content (AvgIpc) is 2.76. The van der Waals surface area contributed by atoms with Gasteiger partial charge in [-0.2, -0.15) is 0 Å². The molecule has 2 N–H and O–H groups in total. The van der Waals surface area contributed by atoms with Crippen molar-refractivity contribution in [1.29, 1.82) is 0 Å². The van der Waals surface area contributed by atoms with Crippen LogP contribution in [0.2, 0.25) is 0 Å². The van der Waals surface area contributed by atoms with Crippen molar-refractivity contribution in [1.82, 2.24) is 4.72 Å². The Bertz CT molecular complexity index is 392. The maximum absolute atomic E-state index is 11.5. The molecular formula is C10H17NO4S. The number of nitrogens with one attached hydrogen (secondary N) is 1. The molecule has 16 heavy (non-hydrogen) atoms. The molecular weight excluding hydrogens is 230 g/mol. The number of carboxylic acids is 1. The molecule has 2 bridgehead atoms. The second-order valence-electron chi connectivity index (χ2n) is 4.74. The minimum absolute atomic E-state index is 0.00717. The molecule has 0 amide bonds. The second kappa shape index (κ2) is 4.00. The molecule has 2 rings (SSSR count). The van der Waals surface area contributed by atoms with E-state index in [-0.39, 0.29) is 23.6 Å². The molecule has 0 aromatic carbocycles. The second-order valence-corrected chi connectivity index (χ2v) is 6.79. The van der Waals surface area contributed by atoms with Gasteiger partial charge >= 0.3 is 5.97 Å². The van der Waals surface area contributed by atoms with Crippen molar-refractivity contribution in [3.63, 3.8) is 0 Å². The van der Waals surface area contributed by atoms with E-state index >= 15 is 0 Å². The lowest BCUT2D eigenvalue weighted by atomic mass is 9.85. The zero-order chi connectivity index (χ0) is 11.9. The Morgan fingerprint density at radius 1 is 1.38 bits per heavy atom. The van der Waals surface area contributed by atoms with Crippen molar-refractivity contribution < 1.29 is 18.3 Å². The van der Waals surface area contributed by atoms with E-state index in [1.165, 1.54) is 0 Å². The maximum Gasteiger partial charge on any atom is 0.308 e. The summed E-state index contributed by atoms with van der Waals surface area (Å²) in [5.74, 6) is -1.01. The van der Waals surface area contributed by atoms with Gasteiger partial charge in [0.15, 0.2) is 0 Å². The van der Waals surface area contributed by atoms with Crippen LogP contribution in [0.15, 0.2) is 0 Å². The molecule has 2 aliphatic carbocycles. The third-order valence-electron chi connectivity index (χ3n) is 3.90. The van der Waals surface area contributed by atoms with Crippen LogP contribution >= 0.6 is 0 Å². The Balaban J connectivity index is 2.17. The Morgan fingerprint density at radius 2 is 2.00 bits per heavy atom. The summed E-state index contributed by atoms with van der Waals surface area (Å²) in [6, 6.07) is -0.388. The van der Waals surface area contributed by atoms with Gasteiger partial charge in [-0.1, -0.05) is 0 Å². The fourth-order valence-electron chi connectivity index (χ4n) is 3.11. The first-order valence-electron chi connectivity index (χ1n) is 5.67. The standard InChI is InChI=1S/C10H17NO4S/c1-2-16(14,15)11-9-7-4-3-6(5-7)8(9)10(12)13/h6-9,11H,2-5H2,1H3,(H,12,13). The number of sulfonamides is 1. The maximum atomic E-state index is 11.5. The van der Waals surface area contributed by atoms with Crippen LogP contribution in [0, 0.1) is 17.8 Å². The summed E-state index contributed by atoms with van der Waals surface area (Å²) in [5, 5.41) is 9.14. The largest absolute Gasteiger partial charge is 0.481 e. The van der Waals surface area contributed by atoms with E-state index in [1.54, 1.807) is 6.92 Å². The minimum Gasteiger partial charge on any atom is -0.481 e. The van der Waals surface area contributed by atoms with Gasteiger partial charge in [-0.3, -0.25) is 4.79 Å². The molecule has 4 unspecified atom stereocenters. The summed E-state index contributed by atoms with van der Waals surface area (Å²) < 4.78 is 25.6. The van der Waals surface area contributed by atoms with Crippen LogP contribution in [0.4, 0.5) is 0 Å². The van der Waals surface area contributed by atoms with Gasteiger partial charge in [-0.25, -0.2) is 13.1 Å². The highest BCUT2D eigenvalue weighted by molar-refractivity contribution is 7.89. The van der Waals surface area contributed by atoms with Crippen molar-refractivity contribution in [3.05, 3.63) is 0 Å². The summed E-state index contributed by atoms with van der Waals surface area (Å²) in [4.78, 5) is 11.1. The molecule has 92 valence electrons. The number of carbonyl (C=O) groups is 1. The van der Waals surface area contributed by atoms with Crippen LogP contribution in [-0.2, 0) is 14.8 Å². The number of fused-ring (bicyclic) bond motifs is 2. The van der Waals surface area contributed by atoms with Gasteiger partial charge in [0.1, 0.15) is 0 Å². The van der Waals surface area contributed by atoms with Gasteiger partial charge < -0.3 is 5.11 Å². The highest BCUT2D eigenvalue weighted by Gasteiger charge is 2.51. The quantitative estimate of drug-likeness (QED) is 0.754. The number of rotatable bonds is 4. The summed E-state index contributed by atoms with van der Waals surface area (Å²) in [7, 11) is -3.31. The number of aliphatic carboxylic acids is 1. The Morgan fingerprint density at radius 3 is 2.56 bits per heavy atom. The monoisotopic (exact) mass is 247 g/mol. The molecule has 2 aliphatic rings. The normalized spacial score (nSPS) is 37.8. The van der Waals surface area contributed by atoms with Crippen LogP contribution in [0.3, 0.4) is 0 Å². The molecule has 0 aromatic rings. The first-order chi connectivity index (χ1) is 7.44. The van der Waals surface area contributed by atoms with Crippen LogP contribution in [0.5, 0.6) is 0 Å². The van der Waals surface area contributed by atoms with Gasteiger partial charge in [0, 0.05) is 6.04 Å². The summed E-state index contributed by atoms with van der Waals surface area (Å²) in [6.45, 7) is 1.56. The van der Waals surface area contributed by atoms with E-state index in [2.05, 4.69) is 4.72 Å². The summed E-state index contributed by atoms with van der Waals surface area (Å²) in [5.41, 5.74) is 0. The predicted octanol–water partition coefficient (Wildman–Crippen LogP) is 0.425. The molecule has 5 nitrogen and oxygen atoms in total. The molecule has 0 heterocycles. The van der Waals surface area contributed by atoms with Gasteiger partial charge in [0.05, 0.1) is 11.7 Å². The molecule has 2 fully saturated rings. The first kappa shape index (κ1) is 11.9. The summed E-state index contributed by atoms with van der Waals surface area (Å²) in [6.07, 6.45) is 2.73. The number of hydrogen-bond donors (Lipinski definition) is 2. The zero-order valence-electron chi connectivity index (χ0n) is 9.22. The third kappa shape index (κ3) is 1.96. The lowest BCUT2D eigenvalue weighted by Gasteiger charge is -2.28. The predicted molar refractivity (Wildman–Crippen MR) is 58.3 cm³/mol. The minimum atomic E-state index is -3.31. The lowest BCUT2D eigenvalue weighted by molar-refractivity contribution is -0.144. The van der Waals surface area contributed by atoms with Crippen LogP contribution < -0.4 is 4.72 Å². The van der Waals surface area contributed by atoms with E-state index in [1.807, 2.05) is 0 Å². The molecule has 2 saturated carbocycles. The van der Waals surface area contributed by atoms with Gasteiger partial charge in [0.2, 0.25) is 10.0 Å². The van der Waals surface area contributed by atoms with E-state index in [0.29, 0.717) is 0 Å². The Kier molecular flexibility index (Phi) is 2.96.